The van der Waals surface area contributed by atoms with E-state index in [1.54, 1.807) is 24.3 Å². The van der Waals surface area contributed by atoms with E-state index >= 15 is 0 Å². The van der Waals surface area contributed by atoms with Crippen molar-refractivity contribution < 1.29 is 14.2 Å². The van der Waals surface area contributed by atoms with Crippen LogP contribution < -0.4 is 15.2 Å². The molecule has 5 heteroatoms. The van der Waals surface area contributed by atoms with Crippen molar-refractivity contribution in [2.45, 2.75) is 32.7 Å². The summed E-state index contributed by atoms with van der Waals surface area (Å²) < 4.78 is 2.11. The SMILES string of the molecule is CC(=O)Nc1ccc(NC(=O)CCCC[n+]2ccccc2)cc1. The summed E-state index contributed by atoms with van der Waals surface area (Å²) in [6.07, 6.45) is 6.36. The summed E-state index contributed by atoms with van der Waals surface area (Å²) in [6.45, 7) is 2.38. The maximum atomic E-state index is 11.9. The predicted octanol–water partition coefficient (Wildman–Crippen LogP) is 2.74. The van der Waals surface area contributed by atoms with E-state index in [2.05, 4.69) is 15.2 Å². The van der Waals surface area contributed by atoms with E-state index < -0.39 is 0 Å². The zero-order valence-electron chi connectivity index (χ0n) is 13.3. The van der Waals surface area contributed by atoms with Crippen LogP contribution in [0.25, 0.3) is 0 Å². The van der Waals surface area contributed by atoms with Crippen LogP contribution in [-0.4, -0.2) is 11.8 Å². The van der Waals surface area contributed by atoms with E-state index in [0.29, 0.717) is 6.42 Å². The molecule has 0 aliphatic heterocycles. The molecule has 2 aromatic rings. The molecule has 0 spiro atoms. The normalized spacial score (nSPS) is 10.1. The van der Waals surface area contributed by atoms with Gasteiger partial charge in [-0.15, -0.1) is 0 Å². The van der Waals surface area contributed by atoms with Crippen LogP contribution in [0.15, 0.2) is 54.9 Å². The molecule has 0 fully saturated rings. The Kier molecular flexibility index (Phi) is 6.29. The maximum absolute atomic E-state index is 11.9. The molecule has 0 bridgehead atoms. The molecule has 0 unspecified atom stereocenters. The molecular formula is C18H22N3O2+. The van der Waals surface area contributed by atoms with Crippen LogP contribution in [0, 0.1) is 0 Å². The number of carbonyl (C=O) groups excluding carboxylic acids is 2. The summed E-state index contributed by atoms with van der Waals surface area (Å²) in [5.41, 5.74) is 1.46. The fourth-order valence-corrected chi connectivity index (χ4v) is 2.23. The second-order valence-corrected chi connectivity index (χ2v) is 5.38. The molecule has 2 amide bonds. The van der Waals surface area contributed by atoms with Crippen molar-refractivity contribution in [2.24, 2.45) is 0 Å². The third-order valence-corrected chi connectivity index (χ3v) is 3.34. The van der Waals surface area contributed by atoms with Crippen LogP contribution in [0.4, 0.5) is 11.4 Å². The number of hydrogen-bond acceptors (Lipinski definition) is 2. The van der Waals surface area contributed by atoms with E-state index in [1.165, 1.54) is 6.92 Å². The third-order valence-electron chi connectivity index (χ3n) is 3.34. The van der Waals surface area contributed by atoms with E-state index in [4.69, 9.17) is 0 Å². The Morgan fingerprint density at radius 2 is 1.52 bits per heavy atom. The van der Waals surface area contributed by atoms with Gasteiger partial charge in [0.1, 0.15) is 6.54 Å². The average Bonchev–Trinajstić information content (AvgIpc) is 2.54. The van der Waals surface area contributed by atoms with Gasteiger partial charge in [0.05, 0.1) is 0 Å². The van der Waals surface area contributed by atoms with Crippen molar-refractivity contribution in [1.29, 1.82) is 0 Å². The zero-order chi connectivity index (χ0) is 16.5. The molecule has 0 radical (unpaired) electrons. The molecule has 5 nitrogen and oxygen atoms in total. The Morgan fingerprint density at radius 3 is 2.13 bits per heavy atom. The highest BCUT2D eigenvalue weighted by Gasteiger charge is 2.04. The number of aromatic nitrogens is 1. The van der Waals surface area contributed by atoms with Gasteiger partial charge in [-0.1, -0.05) is 6.07 Å². The number of aryl methyl sites for hydroxylation is 1. The highest BCUT2D eigenvalue weighted by atomic mass is 16.2. The summed E-state index contributed by atoms with van der Waals surface area (Å²) in [7, 11) is 0. The van der Waals surface area contributed by atoms with Crippen LogP contribution >= 0.6 is 0 Å². The monoisotopic (exact) mass is 312 g/mol. The van der Waals surface area contributed by atoms with Crippen LogP contribution in [-0.2, 0) is 16.1 Å². The van der Waals surface area contributed by atoms with E-state index in [-0.39, 0.29) is 11.8 Å². The first kappa shape index (κ1) is 16.7. The number of amides is 2. The van der Waals surface area contributed by atoms with Gasteiger partial charge in [0, 0.05) is 43.3 Å². The number of benzene rings is 1. The summed E-state index contributed by atoms with van der Waals surface area (Å²) in [5, 5.41) is 5.55. The van der Waals surface area contributed by atoms with Crippen molar-refractivity contribution >= 4 is 23.2 Å². The number of pyridine rings is 1. The van der Waals surface area contributed by atoms with Gasteiger partial charge in [0.15, 0.2) is 12.4 Å². The Balaban J connectivity index is 1.69. The van der Waals surface area contributed by atoms with Crippen LogP contribution in [0.3, 0.4) is 0 Å². The topological polar surface area (TPSA) is 62.1 Å². The minimum Gasteiger partial charge on any atom is -0.326 e. The molecule has 23 heavy (non-hydrogen) atoms. The fourth-order valence-electron chi connectivity index (χ4n) is 2.23. The van der Waals surface area contributed by atoms with Crippen molar-refractivity contribution in [3.05, 3.63) is 54.9 Å². The standard InChI is InChI=1S/C18H21N3O2/c1-15(22)19-16-8-10-17(11-9-16)20-18(23)7-3-6-14-21-12-4-2-5-13-21/h2,4-5,8-13H,3,6-7,14H2,1H3,(H-,19,20,22,23)/p+1. The minimum atomic E-state index is -0.113. The number of unbranched alkanes of at least 4 members (excludes halogenated alkanes) is 1. The van der Waals surface area contributed by atoms with Gasteiger partial charge in [0.2, 0.25) is 11.8 Å². The number of rotatable bonds is 7. The molecule has 2 N–H and O–H groups in total. The lowest BCUT2D eigenvalue weighted by Crippen LogP contribution is -2.32. The van der Waals surface area contributed by atoms with Crippen LogP contribution in [0.2, 0.25) is 0 Å². The highest BCUT2D eigenvalue weighted by Crippen LogP contribution is 2.14. The first-order valence-electron chi connectivity index (χ1n) is 7.75. The first-order valence-corrected chi connectivity index (χ1v) is 7.75. The van der Waals surface area contributed by atoms with Gasteiger partial charge in [0.25, 0.3) is 0 Å². The Hall–Kier alpha value is -2.69. The molecule has 120 valence electrons. The van der Waals surface area contributed by atoms with E-state index in [1.807, 2.05) is 30.6 Å². The van der Waals surface area contributed by atoms with Gasteiger partial charge in [-0.05, 0) is 30.7 Å². The molecule has 0 aliphatic carbocycles. The van der Waals surface area contributed by atoms with Crippen LogP contribution in [0.1, 0.15) is 26.2 Å². The minimum absolute atomic E-state index is 0.00957. The first-order chi connectivity index (χ1) is 11.1. The van der Waals surface area contributed by atoms with Crippen molar-refractivity contribution in [1.82, 2.24) is 0 Å². The molecule has 1 aromatic heterocycles. The number of carbonyl (C=O) groups is 2. The van der Waals surface area contributed by atoms with Gasteiger partial charge >= 0.3 is 0 Å². The summed E-state index contributed by atoms with van der Waals surface area (Å²) >= 11 is 0. The van der Waals surface area contributed by atoms with Gasteiger partial charge in [-0.3, -0.25) is 9.59 Å². The zero-order valence-corrected chi connectivity index (χ0v) is 13.3. The van der Waals surface area contributed by atoms with E-state index in [9.17, 15) is 9.59 Å². The van der Waals surface area contributed by atoms with E-state index in [0.717, 1.165) is 30.8 Å². The Labute approximate surface area is 136 Å². The number of anilines is 2. The van der Waals surface area contributed by atoms with Crippen molar-refractivity contribution in [3.63, 3.8) is 0 Å². The third kappa shape index (κ3) is 6.30. The molecular weight excluding hydrogens is 290 g/mol. The lowest BCUT2D eigenvalue weighted by atomic mass is 10.2. The molecule has 1 aromatic carbocycles. The molecule has 0 saturated carbocycles. The van der Waals surface area contributed by atoms with Crippen LogP contribution in [0.5, 0.6) is 0 Å². The quantitative estimate of drug-likeness (QED) is 0.610. The lowest BCUT2D eigenvalue weighted by molar-refractivity contribution is -0.697. The van der Waals surface area contributed by atoms with Gasteiger partial charge in [-0.2, -0.15) is 0 Å². The largest absolute Gasteiger partial charge is 0.326 e. The number of nitrogens with zero attached hydrogens (tertiary/aromatic N) is 1. The average molecular weight is 312 g/mol. The lowest BCUT2D eigenvalue weighted by Gasteiger charge is -2.06. The smallest absolute Gasteiger partial charge is 0.224 e. The van der Waals surface area contributed by atoms with Gasteiger partial charge in [-0.25, -0.2) is 4.57 Å². The van der Waals surface area contributed by atoms with Crippen molar-refractivity contribution in [2.75, 3.05) is 10.6 Å². The summed E-state index contributed by atoms with van der Waals surface area (Å²) in [6, 6.07) is 13.1. The molecule has 1 heterocycles. The maximum Gasteiger partial charge on any atom is 0.224 e. The summed E-state index contributed by atoms with van der Waals surface area (Å²) in [4.78, 5) is 22.8. The summed E-state index contributed by atoms with van der Waals surface area (Å²) in [5.74, 6) is -0.103. The predicted molar refractivity (Wildman–Crippen MR) is 89.9 cm³/mol. The number of hydrogen-bond donors (Lipinski definition) is 2. The number of nitrogens with one attached hydrogen (secondary N) is 2. The highest BCUT2D eigenvalue weighted by molar-refractivity contribution is 5.92. The molecule has 0 saturated heterocycles. The van der Waals surface area contributed by atoms with Crippen molar-refractivity contribution in [3.8, 4) is 0 Å². The Bertz CT molecular complexity index is 639. The fraction of sp³-hybridized carbons (Fsp3) is 0.278. The van der Waals surface area contributed by atoms with Gasteiger partial charge < -0.3 is 10.6 Å². The molecule has 2 rings (SSSR count). The molecule has 0 atom stereocenters. The second kappa shape index (κ2) is 8.68. The molecule has 0 aliphatic rings. The Morgan fingerprint density at radius 1 is 0.913 bits per heavy atom. The second-order valence-electron chi connectivity index (χ2n) is 5.38.